The Kier molecular flexibility index (Phi) is 4.59. The molecule has 0 spiro atoms. The van der Waals surface area contributed by atoms with E-state index in [2.05, 4.69) is 5.32 Å². The van der Waals surface area contributed by atoms with Gasteiger partial charge in [0.05, 0.1) is 15.6 Å². The number of amides is 2. The van der Waals surface area contributed by atoms with Gasteiger partial charge in [-0.15, -0.1) is 0 Å². The van der Waals surface area contributed by atoms with E-state index in [1.54, 1.807) is 23.1 Å². The summed E-state index contributed by atoms with van der Waals surface area (Å²) in [6, 6.07) is 7.80. The quantitative estimate of drug-likeness (QED) is 0.803. The van der Waals surface area contributed by atoms with Crippen molar-refractivity contribution in [1.29, 1.82) is 0 Å². The van der Waals surface area contributed by atoms with Crippen LogP contribution in [0.15, 0.2) is 35.2 Å². The van der Waals surface area contributed by atoms with Gasteiger partial charge < -0.3 is 4.90 Å². The molecule has 0 radical (unpaired) electrons. The number of carbonyl (C=O) groups excluding carboxylic acids is 2. The summed E-state index contributed by atoms with van der Waals surface area (Å²) in [6.07, 6.45) is 1.47. The molecule has 2 amide bonds. The summed E-state index contributed by atoms with van der Waals surface area (Å²) < 4.78 is 14.2. The Morgan fingerprint density at radius 1 is 1.30 bits per heavy atom. The highest BCUT2D eigenvalue weighted by Crippen LogP contribution is 2.45. The summed E-state index contributed by atoms with van der Waals surface area (Å²) in [5, 5.41) is 4.31. The topological polar surface area (TPSA) is 69.5 Å². The third-order valence-electron chi connectivity index (χ3n) is 5.09. The Morgan fingerprint density at radius 2 is 2.11 bits per heavy atom. The van der Waals surface area contributed by atoms with Crippen LogP contribution in [-0.2, 0) is 9.59 Å². The number of nitroso groups, excluding NO2 is 1. The average molecular weight is 388 g/mol. The molecule has 6 nitrogen and oxygen atoms in total. The van der Waals surface area contributed by atoms with Crippen molar-refractivity contribution >= 4 is 40.0 Å². The van der Waals surface area contributed by atoms with Crippen molar-refractivity contribution in [1.82, 2.24) is 10.2 Å². The largest absolute Gasteiger partial charge is 0.342 e. The van der Waals surface area contributed by atoms with Gasteiger partial charge in [0.25, 0.3) is 5.69 Å². The number of hydrogen-bond donors (Lipinski definition) is 1. The maximum atomic E-state index is 13.4. The molecule has 0 bridgehead atoms. The lowest BCUT2D eigenvalue weighted by Gasteiger charge is -2.31. The van der Waals surface area contributed by atoms with Gasteiger partial charge >= 0.3 is 5.50 Å². The monoisotopic (exact) mass is 388 g/mol. The number of halogens is 1. The normalized spacial score (nSPS) is 22.0. The van der Waals surface area contributed by atoms with E-state index in [1.165, 1.54) is 30.8 Å². The highest BCUT2D eigenvalue weighted by atomic mass is 32.2. The molecule has 1 unspecified atom stereocenters. The Morgan fingerprint density at radius 3 is 2.89 bits per heavy atom. The van der Waals surface area contributed by atoms with Gasteiger partial charge in [-0.25, -0.2) is 4.39 Å². The minimum Gasteiger partial charge on any atom is -0.342 e. The van der Waals surface area contributed by atoms with Gasteiger partial charge in [0, 0.05) is 36.4 Å². The molecule has 2 atom stereocenters. The standard InChI is InChI=1S/C19H18FN3O3S/c1-11(24)22-8-2-3-13(10-22)18(25)21-19-23(26)16-7-4-12-9-14(20)5-6-15(12)17(16)27-19/h4-7,9,13,19H,2-3,8,10H2,1H3/p+1/t13-,19?/m0/s1. The Bertz CT molecular complexity index is 965. The summed E-state index contributed by atoms with van der Waals surface area (Å²) >= 11 is 1.26. The smallest absolute Gasteiger partial charge is 0.335 e. The first-order valence-electron chi connectivity index (χ1n) is 8.85. The highest BCUT2D eigenvalue weighted by molar-refractivity contribution is 8.00. The molecule has 27 heavy (non-hydrogen) atoms. The Hall–Kier alpha value is -2.48. The molecule has 4 rings (SSSR count). The minimum absolute atomic E-state index is 0.0423. The first-order chi connectivity index (χ1) is 12.9. The second-order valence-electron chi connectivity index (χ2n) is 6.89. The van der Waals surface area contributed by atoms with E-state index in [0.29, 0.717) is 30.6 Å². The second kappa shape index (κ2) is 6.92. The van der Waals surface area contributed by atoms with E-state index in [0.717, 1.165) is 21.5 Å². The van der Waals surface area contributed by atoms with Crippen LogP contribution >= 0.6 is 11.8 Å². The number of hydrogen-bond acceptors (Lipinski definition) is 4. The van der Waals surface area contributed by atoms with Gasteiger partial charge in [-0.2, -0.15) is 0 Å². The van der Waals surface area contributed by atoms with E-state index in [1.807, 2.05) is 0 Å². The van der Waals surface area contributed by atoms with Gasteiger partial charge in [-0.05, 0) is 48.2 Å². The minimum atomic E-state index is -0.768. The number of carbonyl (C=O) groups is 2. The third kappa shape index (κ3) is 3.29. The maximum Gasteiger partial charge on any atom is 0.335 e. The van der Waals surface area contributed by atoms with E-state index in [-0.39, 0.29) is 23.5 Å². The predicted molar refractivity (Wildman–Crippen MR) is 100.0 cm³/mol. The molecule has 1 N–H and O–H groups in total. The van der Waals surface area contributed by atoms with Crippen molar-refractivity contribution in [2.45, 2.75) is 30.2 Å². The third-order valence-corrected chi connectivity index (χ3v) is 6.29. The van der Waals surface area contributed by atoms with E-state index in [4.69, 9.17) is 0 Å². The number of nitrogens with one attached hydrogen (secondary N) is 1. The van der Waals surface area contributed by atoms with Gasteiger partial charge in [0.2, 0.25) is 11.8 Å². The summed E-state index contributed by atoms with van der Waals surface area (Å²) in [5.74, 6) is -0.908. The molecule has 2 aromatic carbocycles. The summed E-state index contributed by atoms with van der Waals surface area (Å²) in [5.41, 5.74) is -0.297. The van der Waals surface area contributed by atoms with Crippen LogP contribution < -0.4 is 5.32 Å². The van der Waals surface area contributed by atoms with Crippen LogP contribution in [0.1, 0.15) is 19.8 Å². The molecular formula is C19H19FN3O3S+. The van der Waals surface area contributed by atoms with E-state index >= 15 is 0 Å². The van der Waals surface area contributed by atoms with Crippen molar-refractivity contribution in [2.75, 3.05) is 13.1 Å². The second-order valence-corrected chi connectivity index (χ2v) is 7.98. The zero-order valence-corrected chi connectivity index (χ0v) is 15.6. The zero-order chi connectivity index (χ0) is 19.1. The Balaban J connectivity index is 1.52. The van der Waals surface area contributed by atoms with Crippen LogP contribution in [0.25, 0.3) is 10.8 Å². The number of benzene rings is 2. The molecule has 2 aliphatic rings. The SMILES string of the molecule is CC(=O)N1CCC[C@H](C(=O)NC2Sc3c(ccc4cc(F)ccc34)[N+]2=O)C1. The van der Waals surface area contributed by atoms with Gasteiger partial charge in [0.1, 0.15) is 5.82 Å². The molecule has 0 aliphatic carbocycles. The summed E-state index contributed by atoms with van der Waals surface area (Å²) in [4.78, 5) is 39.3. The zero-order valence-electron chi connectivity index (χ0n) is 14.8. The fourth-order valence-electron chi connectivity index (χ4n) is 3.65. The van der Waals surface area contributed by atoms with Crippen molar-refractivity contribution in [3.05, 3.63) is 41.1 Å². The molecule has 2 heterocycles. The Labute approximate surface area is 159 Å². The van der Waals surface area contributed by atoms with Crippen LogP contribution in [0.2, 0.25) is 0 Å². The fraction of sp³-hybridized carbons (Fsp3) is 0.368. The van der Waals surface area contributed by atoms with Crippen molar-refractivity contribution in [2.24, 2.45) is 5.92 Å². The van der Waals surface area contributed by atoms with Crippen LogP contribution in [0.5, 0.6) is 0 Å². The fourth-order valence-corrected chi connectivity index (χ4v) is 4.85. The van der Waals surface area contributed by atoms with E-state index < -0.39 is 5.50 Å². The average Bonchev–Trinajstić information content (AvgIpc) is 2.97. The highest BCUT2D eigenvalue weighted by Gasteiger charge is 2.43. The molecular weight excluding hydrogens is 369 g/mol. The van der Waals surface area contributed by atoms with Gasteiger partial charge in [0.15, 0.2) is 0 Å². The molecule has 1 saturated heterocycles. The number of thioether (sulfide) groups is 1. The summed E-state index contributed by atoms with van der Waals surface area (Å²) in [7, 11) is 0. The first kappa shape index (κ1) is 17.9. The molecule has 140 valence electrons. The first-order valence-corrected chi connectivity index (χ1v) is 9.73. The number of nitrogens with zero attached hydrogens (tertiary/aromatic N) is 2. The number of fused-ring (bicyclic) bond motifs is 3. The lowest BCUT2D eigenvalue weighted by molar-refractivity contribution is -0.480. The van der Waals surface area contributed by atoms with Crippen LogP contribution in [0, 0.1) is 16.6 Å². The molecule has 0 saturated carbocycles. The van der Waals surface area contributed by atoms with Crippen LogP contribution in [0.3, 0.4) is 0 Å². The van der Waals surface area contributed by atoms with E-state index in [9.17, 15) is 18.9 Å². The predicted octanol–water partition coefficient (Wildman–Crippen LogP) is 3.15. The van der Waals surface area contributed by atoms with Crippen molar-refractivity contribution in [3.63, 3.8) is 0 Å². The number of piperidine rings is 1. The number of likely N-dealkylation sites (tertiary alicyclic amines) is 1. The lowest BCUT2D eigenvalue weighted by atomic mass is 9.97. The molecule has 2 aliphatic heterocycles. The molecule has 2 aromatic rings. The molecule has 0 aromatic heterocycles. The van der Waals surface area contributed by atoms with Gasteiger partial charge in [-0.1, -0.05) is 6.07 Å². The maximum absolute atomic E-state index is 13.4. The molecule has 8 heteroatoms. The van der Waals surface area contributed by atoms with Crippen LogP contribution in [-0.4, -0.2) is 40.1 Å². The van der Waals surface area contributed by atoms with Crippen molar-refractivity contribution < 1.29 is 18.7 Å². The van der Waals surface area contributed by atoms with Crippen LogP contribution in [0.4, 0.5) is 10.1 Å². The van der Waals surface area contributed by atoms with Gasteiger partial charge in [-0.3, -0.25) is 14.9 Å². The molecule has 1 fully saturated rings. The lowest BCUT2D eigenvalue weighted by Crippen LogP contribution is -2.47. The number of rotatable bonds is 2. The van der Waals surface area contributed by atoms with Crippen molar-refractivity contribution in [3.8, 4) is 0 Å². The summed E-state index contributed by atoms with van der Waals surface area (Å²) in [6.45, 7) is 2.54.